The molecule has 2 heterocycles. The predicted octanol–water partition coefficient (Wildman–Crippen LogP) is 0.868. The van der Waals surface area contributed by atoms with E-state index in [0.717, 1.165) is 10.3 Å². The van der Waals surface area contributed by atoms with E-state index in [-0.39, 0.29) is 5.91 Å². The van der Waals surface area contributed by atoms with Gasteiger partial charge in [-0.2, -0.15) is 5.10 Å². The molecule has 2 aromatic rings. The molecule has 2 aromatic heterocycles. The first-order chi connectivity index (χ1) is 7.75. The van der Waals surface area contributed by atoms with Crippen molar-refractivity contribution in [3.63, 3.8) is 0 Å². The van der Waals surface area contributed by atoms with Crippen LogP contribution in [-0.4, -0.2) is 32.6 Å². The highest BCUT2D eigenvalue weighted by atomic mass is 79.9. The molecule has 7 heteroatoms. The standard InChI is InChI=1S/C9H10BrN5O/c10-6-3-7(12-4-6)9(16)11-2-1-8-13-5-14-15-8/h3-5,12H,1-2H2,(H,11,16)(H,13,14,15). The number of nitrogens with one attached hydrogen (secondary N) is 3. The number of amides is 1. The zero-order valence-corrected chi connectivity index (χ0v) is 9.91. The van der Waals surface area contributed by atoms with Crippen LogP contribution in [0.5, 0.6) is 0 Å². The van der Waals surface area contributed by atoms with Gasteiger partial charge in [0.1, 0.15) is 17.8 Å². The lowest BCUT2D eigenvalue weighted by Crippen LogP contribution is -2.26. The Bertz CT molecular complexity index is 464. The molecule has 84 valence electrons. The molecule has 0 unspecified atom stereocenters. The smallest absolute Gasteiger partial charge is 0.267 e. The van der Waals surface area contributed by atoms with Gasteiger partial charge in [0.2, 0.25) is 0 Å². The third-order valence-electron chi connectivity index (χ3n) is 2.00. The first kappa shape index (κ1) is 10.9. The van der Waals surface area contributed by atoms with Crippen molar-refractivity contribution in [3.8, 4) is 0 Å². The number of H-pyrrole nitrogens is 2. The number of rotatable bonds is 4. The van der Waals surface area contributed by atoms with Crippen LogP contribution in [0.15, 0.2) is 23.1 Å². The van der Waals surface area contributed by atoms with Crippen molar-refractivity contribution < 1.29 is 4.79 Å². The van der Waals surface area contributed by atoms with Crippen molar-refractivity contribution in [2.75, 3.05) is 6.54 Å². The average molecular weight is 284 g/mol. The fraction of sp³-hybridized carbons (Fsp3) is 0.222. The molecule has 6 nitrogen and oxygen atoms in total. The SMILES string of the molecule is O=C(NCCc1ncn[nH]1)c1cc(Br)c[nH]1. The minimum Gasteiger partial charge on any atom is -0.356 e. The van der Waals surface area contributed by atoms with Crippen LogP contribution in [0.2, 0.25) is 0 Å². The van der Waals surface area contributed by atoms with Crippen molar-refractivity contribution in [1.29, 1.82) is 0 Å². The third kappa shape index (κ3) is 2.69. The van der Waals surface area contributed by atoms with Gasteiger partial charge in [0.05, 0.1) is 0 Å². The molecule has 0 saturated carbocycles. The maximum atomic E-state index is 11.6. The minimum absolute atomic E-state index is 0.134. The molecule has 0 aliphatic carbocycles. The third-order valence-corrected chi connectivity index (χ3v) is 2.46. The second-order valence-corrected chi connectivity index (χ2v) is 4.09. The Kier molecular flexibility index (Phi) is 3.35. The zero-order chi connectivity index (χ0) is 11.4. The minimum atomic E-state index is -0.134. The van der Waals surface area contributed by atoms with Crippen LogP contribution < -0.4 is 5.32 Å². The summed E-state index contributed by atoms with van der Waals surface area (Å²) >= 11 is 3.27. The maximum absolute atomic E-state index is 11.6. The quantitative estimate of drug-likeness (QED) is 0.778. The average Bonchev–Trinajstić information content (AvgIpc) is 2.89. The highest BCUT2D eigenvalue weighted by molar-refractivity contribution is 9.10. The van der Waals surface area contributed by atoms with E-state index in [4.69, 9.17) is 0 Å². The second-order valence-electron chi connectivity index (χ2n) is 3.17. The number of nitrogens with zero attached hydrogens (tertiary/aromatic N) is 2. The second kappa shape index (κ2) is 4.93. The summed E-state index contributed by atoms with van der Waals surface area (Å²) in [4.78, 5) is 18.4. The predicted molar refractivity (Wildman–Crippen MR) is 60.9 cm³/mol. The number of hydrogen-bond donors (Lipinski definition) is 3. The lowest BCUT2D eigenvalue weighted by atomic mass is 10.3. The van der Waals surface area contributed by atoms with Crippen molar-refractivity contribution in [3.05, 3.63) is 34.6 Å². The van der Waals surface area contributed by atoms with Crippen LogP contribution in [0.3, 0.4) is 0 Å². The molecule has 3 N–H and O–H groups in total. The van der Waals surface area contributed by atoms with E-state index in [9.17, 15) is 4.79 Å². The van der Waals surface area contributed by atoms with E-state index >= 15 is 0 Å². The van der Waals surface area contributed by atoms with Crippen LogP contribution in [0.4, 0.5) is 0 Å². The van der Waals surface area contributed by atoms with Gasteiger partial charge >= 0.3 is 0 Å². The summed E-state index contributed by atoms with van der Waals surface area (Å²) < 4.78 is 0.855. The van der Waals surface area contributed by atoms with Gasteiger partial charge in [-0.3, -0.25) is 9.89 Å². The Morgan fingerprint density at radius 3 is 3.06 bits per heavy atom. The summed E-state index contributed by atoms with van der Waals surface area (Å²) in [7, 11) is 0. The molecule has 0 spiro atoms. The number of carbonyl (C=O) groups is 1. The fourth-order valence-electron chi connectivity index (χ4n) is 1.24. The molecule has 0 bridgehead atoms. The summed E-state index contributed by atoms with van der Waals surface area (Å²) in [6, 6.07) is 1.73. The first-order valence-corrected chi connectivity index (χ1v) is 5.51. The summed E-state index contributed by atoms with van der Waals surface area (Å²) in [5.74, 6) is 0.623. The number of hydrogen-bond acceptors (Lipinski definition) is 3. The molecule has 0 aliphatic heterocycles. The van der Waals surface area contributed by atoms with Crippen LogP contribution >= 0.6 is 15.9 Å². The lowest BCUT2D eigenvalue weighted by Gasteiger charge is -2.01. The molecular weight excluding hydrogens is 274 g/mol. The topological polar surface area (TPSA) is 86.5 Å². The van der Waals surface area contributed by atoms with Gasteiger partial charge in [0.15, 0.2) is 0 Å². The Hall–Kier alpha value is -1.63. The van der Waals surface area contributed by atoms with Crippen molar-refractivity contribution in [2.45, 2.75) is 6.42 Å². The van der Waals surface area contributed by atoms with E-state index in [1.54, 1.807) is 12.3 Å². The maximum Gasteiger partial charge on any atom is 0.267 e. The van der Waals surface area contributed by atoms with Gasteiger partial charge in [0.25, 0.3) is 5.91 Å². The Labute approximate surface area is 100.0 Å². The monoisotopic (exact) mass is 283 g/mol. The van der Waals surface area contributed by atoms with Gasteiger partial charge in [-0.1, -0.05) is 0 Å². The molecule has 1 amide bonds. The Morgan fingerprint density at radius 1 is 1.56 bits per heavy atom. The molecule has 0 saturated heterocycles. The highest BCUT2D eigenvalue weighted by Crippen LogP contribution is 2.10. The van der Waals surface area contributed by atoms with E-state index in [2.05, 4.69) is 41.4 Å². The zero-order valence-electron chi connectivity index (χ0n) is 8.33. The molecule has 0 aliphatic rings. The summed E-state index contributed by atoms with van der Waals surface area (Å²) in [6.07, 6.45) is 3.79. The van der Waals surface area contributed by atoms with E-state index in [1.165, 1.54) is 6.33 Å². The molecule has 2 rings (SSSR count). The van der Waals surface area contributed by atoms with E-state index in [0.29, 0.717) is 18.7 Å². The molecule has 0 fully saturated rings. The van der Waals surface area contributed by atoms with Gasteiger partial charge in [-0.15, -0.1) is 0 Å². The Balaban J connectivity index is 1.80. The largest absolute Gasteiger partial charge is 0.356 e. The van der Waals surface area contributed by atoms with Crippen LogP contribution in [0.1, 0.15) is 16.3 Å². The number of aromatic amines is 2. The lowest BCUT2D eigenvalue weighted by molar-refractivity contribution is 0.0949. The van der Waals surface area contributed by atoms with Crippen molar-refractivity contribution in [1.82, 2.24) is 25.5 Å². The normalized spacial score (nSPS) is 10.3. The summed E-state index contributed by atoms with van der Waals surface area (Å²) in [5, 5.41) is 9.22. The van der Waals surface area contributed by atoms with E-state index in [1.807, 2.05) is 0 Å². The van der Waals surface area contributed by atoms with Crippen molar-refractivity contribution in [2.24, 2.45) is 0 Å². The van der Waals surface area contributed by atoms with Gasteiger partial charge < -0.3 is 10.3 Å². The van der Waals surface area contributed by atoms with Gasteiger partial charge in [0, 0.05) is 23.6 Å². The van der Waals surface area contributed by atoms with Crippen LogP contribution in [-0.2, 0) is 6.42 Å². The van der Waals surface area contributed by atoms with Crippen molar-refractivity contribution >= 4 is 21.8 Å². The van der Waals surface area contributed by atoms with Crippen LogP contribution in [0.25, 0.3) is 0 Å². The van der Waals surface area contributed by atoms with E-state index < -0.39 is 0 Å². The molecule has 0 aromatic carbocycles. The number of halogens is 1. The fourth-order valence-corrected chi connectivity index (χ4v) is 1.58. The van der Waals surface area contributed by atoms with Gasteiger partial charge in [-0.05, 0) is 22.0 Å². The summed E-state index contributed by atoms with van der Waals surface area (Å²) in [5.41, 5.74) is 0.532. The Morgan fingerprint density at radius 2 is 2.44 bits per heavy atom. The number of carbonyl (C=O) groups excluding carboxylic acids is 1. The number of aromatic nitrogens is 4. The first-order valence-electron chi connectivity index (χ1n) is 4.72. The molecule has 0 atom stereocenters. The molecule has 16 heavy (non-hydrogen) atoms. The molecular formula is C9H10BrN5O. The van der Waals surface area contributed by atoms with Crippen LogP contribution in [0, 0.1) is 0 Å². The summed E-state index contributed by atoms with van der Waals surface area (Å²) in [6.45, 7) is 0.519. The highest BCUT2D eigenvalue weighted by Gasteiger charge is 2.07. The molecule has 0 radical (unpaired) electrons. The van der Waals surface area contributed by atoms with Gasteiger partial charge in [-0.25, -0.2) is 4.98 Å².